The summed E-state index contributed by atoms with van der Waals surface area (Å²) in [6, 6.07) is 15.3. The van der Waals surface area contributed by atoms with E-state index in [4.69, 9.17) is 0 Å². The number of fused-ring (bicyclic) bond motifs is 1. The fourth-order valence-corrected chi connectivity index (χ4v) is 6.18. The quantitative estimate of drug-likeness (QED) is 0.175. The largest absolute Gasteiger partial charge is 0.506 e. The summed E-state index contributed by atoms with van der Waals surface area (Å²) in [7, 11) is -5.23. The number of rotatable bonds is 9. The van der Waals surface area contributed by atoms with Crippen LogP contribution >= 0.6 is 0 Å². The molecule has 0 unspecified atom stereocenters. The van der Waals surface area contributed by atoms with Crippen LogP contribution in [-0.4, -0.2) is 45.6 Å². The lowest BCUT2D eigenvalue weighted by Gasteiger charge is -2.11. The third-order valence-electron chi connectivity index (χ3n) is 6.47. The summed E-state index contributed by atoms with van der Waals surface area (Å²) in [6.45, 7) is 4.69. The molecule has 0 fully saturated rings. The molecule has 0 aliphatic carbocycles. The van der Waals surface area contributed by atoms with Crippen molar-refractivity contribution in [3.63, 3.8) is 0 Å². The highest BCUT2D eigenvalue weighted by molar-refractivity contribution is 7.91. The Morgan fingerprint density at radius 1 is 0.756 bits per heavy atom. The topological polar surface area (TPSA) is 170 Å². The SMILES string of the molecule is CCS(=O)(=O)c1cccc(N=Nc2c(NC)ccc3c(O)c(N=Nc4cc(C)c(S(=O)(=O)CC)cc4O)ccc23)c1. The molecule has 0 saturated carbocycles. The number of nitrogens with zero attached hydrogens (tertiary/aromatic N) is 4. The van der Waals surface area contributed by atoms with E-state index in [1.54, 1.807) is 51.2 Å². The Balaban J connectivity index is 1.73. The number of aryl methyl sites for hydroxylation is 1. The number of anilines is 1. The summed E-state index contributed by atoms with van der Waals surface area (Å²) in [4.78, 5) is 0.171. The molecular weight excluding hydrogens is 566 g/mol. The molecule has 3 N–H and O–H groups in total. The fraction of sp³-hybridized carbons (Fsp3) is 0.214. The van der Waals surface area contributed by atoms with E-state index in [1.807, 2.05) is 0 Å². The van der Waals surface area contributed by atoms with Crippen molar-refractivity contribution in [1.82, 2.24) is 0 Å². The van der Waals surface area contributed by atoms with Crippen molar-refractivity contribution >= 4 is 58.9 Å². The summed E-state index contributed by atoms with van der Waals surface area (Å²) in [5.41, 5.74) is 1.94. The van der Waals surface area contributed by atoms with E-state index in [1.165, 1.54) is 31.2 Å². The molecule has 214 valence electrons. The van der Waals surface area contributed by atoms with Crippen molar-refractivity contribution in [2.75, 3.05) is 23.9 Å². The average molecular weight is 596 g/mol. The molecule has 11 nitrogen and oxygen atoms in total. The molecule has 0 aliphatic rings. The molecule has 0 radical (unpaired) electrons. The molecule has 13 heteroatoms. The summed E-state index contributed by atoms with van der Waals surface area (Å²) in [5.74, 6) is -0.694. The lowest BCUT2D eigenvalue weighted by Crippen LogP contribution is -2.05. The molecule has 0 aromatic heterocycles. The second-order valence-corrected chi connectivity index (χ2v) is 13.6. The minimum Gasteiger partial charge on any atom is -0.506 e. The van der Waals surface area contributed by atoms with Gasteiger partial charge in [0.2, 0.25) is 0 Å². The molecule has 0 atom stereocenters. The van der Waals surface area contributed by atoms with Crippen LogP contribution in [0.3, 0.4) is 0 Å². The monoisotopic (exact) mass is 595 g/mol. The van der Waals surface area contributed by atoms with Gasteiger partial charge in [-0.2, -0.15) is 5.11 Å². The van der Waals surface area contributed by atoms with Crippen LogP contribution in [-0.2, 0) is 19.7 Å². The van der Waals surface area contributed by atoms with E-state index in [2.05, 4.69) is 25.8 Å². The summed E-state index contributed by atoms with van der Waals surface area (Å²) in [5, 5.41) is 42.1. The molecule has 0 saturated heterocycles. The third kappa shape index (κ3) is 6.05. The van der Waals surface area contributed by atoms with Crippen LogP contribution in [0.1, 0.15) is 19.4 Å². The Bertz CT molecular complexity index is 1920. The highest BCUT2D eigenvalue weighted by Crippen LogP contribution is 2.43. The number of phenols is 2. The van der Waals surface area contributed by atoms with Crippen LogP contribution in [0.4, 0.5) is 28.4 Å². The van der Waals surface area contributed by atoms with Crippen LogP contribution in [0, 0.1) is 6.92 Å². The van der Waals surface area contributed by atoms with E-state index < -0.39 is 19.7 Å². The van der Waals surface area contributed by atoms with Gasteiger partial charge in [-0.25, -0.2) is 16.8 Å². The van der Waals surface area contributed by atoms with Gasteiger partial charge in [0.1, 0.15) is 22.8 Å². The normalized spacial score (nSPS) is 12.5. The van der Waals surface area contributed by atoms with Crippen LogP contribution in [0.2, 0.25) is 0 Å². The highest BCUT2D eigenvalue weighted by atomic mass is 32.2. The van der Waals surface area contributed by atoms with E-state index in [0.29, 0.717) is 33.4 Å². The Hall–Kier alpha value is -4.36. The van der Waals surface area contributed by atoms with E-state index in [-0.39, 0.29) is 44.2 Å². The smallest absolute Gasteiger partial charge is 0.178 e. The number of benzene rings is 4. The van der Waals surface area contributed by atoms with Crippen molar-refractivity contribution in [1.29, 1.82) is 0 Å². The summed E-state index contributed by atoms with van der Waals surface area (Å²) < 4.78 is 49.0. The second kappa shape index (κ2) is 11.6. The zero-order chi connectivity index (χ0) is 29.9. The van der Waals surface area contributed by atoms with Gasteiger partial charge in [-0.15, -0.1) is 15.3 Å². The third-order valence-corrected chi connectivity index (χ3v) is 10.1. The zero-order valence-electron chi connectivity index (χ0n) is 22.8. The minimum atomic E-state index is -3.53. The van der Waals surface area contributed by atoms with E-state index >= 15 is 0 Å². The van der Waals surface area contributed by atoms with Gasteiger partial charge >= 0.3 is 0 Å². The number of hydrogen-bond donors (Lipinski definition) is 3. The van der Waals surface area contributed by atoms with Gasteiger partial charge in [-0.05, 0) is 61.0 Å². The van der Waals surface area contributed by atoms with Crippen molar-refractivity contribution in [2.45, 2.75) is 30.6 Å². The van der Waals surface area contributed by atoms with Crippen LogP contribution in [0.25, 0.3) is 10.8 Å². The number of phenolic OH excluding ortho intramolecular Hbond substituents is 2. The van der Waals surface area contributed by atoms with Gasteiger partial charge in [-0.1, -0.05) is 19.9 Å². The molecule has 4 aromatic rings. The van der Waals surface area contributed by atoms with Gasteiger partial charge < -0.3 is 15.5 Å². The Morgan fingerprint density at radius 3 is 2.12 bits per heavy atom. The van der Waals surface area contributed by atoms with E-state index in [9.17, 15) is 27.0 Å². The molecule has 4 rings (SSSR count). The second-order valence-electron chi connectivity index (χ2n) is 9.05. The summed E-state index contributed by atoms with van der Waals surface area (Å²) in [6.07, 6.45) is 0. The Kier molecular flexibility index (Phi) is 8.40. The molecule has 4 aromatic carbocycles. The first-order valence-corrected chi connectivity index (χ1v) is 15.9. The van der Waals surface area contributed by atoms with Gasteiger partial charge in [0, 0.05) is 23.9 Å². The van der Waals surface area contributed by atoms with Crippen LogP contribution in [0.5, 0.6) is 11.5 Å². The first kappa shape index (κ1) is 29.6. The number of aromatic hydroxyl groups is 2. The molecule has 0 heterocycles. The summed E-state index contributed by atoms with van der Waals surface area (Å²) >= 11 is 0. The van der Waals surface area contributed by atoms with E-state index in [0.717, 1.165) is 6.07 Å². The predicted molar refractivity (Wildman–Crippen MR) is 158 cm³/mol. The molecule has 0 amide bonds. The first-order chi connectivity index (χ1) is 19.4. The maximum absolute atomic E-state index is 12.3. The van der Waals surface area contributed by atoms with Crippen molar-refractivity contribution in [3.8, 4) is 11.5 Å². The van der Waals surface area contributed by atoms with Crippen molar-refractivity contribution in [2.24, 2.45) is 20.5 Å². The number of hydrogen-bond acceptors (Lipinski definition) is 11. The zero-order valence-corrected chi connectivity index (χ0v) is 24.5. The molecule has 0 aliphatic heterocycles. The first-order valence-electron chi connectivity index (χ1n) is 12.6. The molecule has 0 bridgehead atoms. The molecule has 41 heavy (non-hydrogen) atoms. The number of nitrogens with one attached hydrogen (secondary N) is 1. The standard InChI is InChI=1S/C28H29N5O6S2/c1-5-40(36,37)19-9-7-8-18(15-19)30-33-27-20-10-13-23(28(35)21(20)11-12-22(27)29-4)31-32-24-14-17(3)26(16-25(24)34)41(38,39)6-2/h7-16,29,34-35H,5-6H2,1-4H3. The Labute approximate surface area is 238 Å². The maximum atomic E-state index is 12.3. The number of azo groups is 2. The molecular formula is C28H29N5O6S2. The maximum Gasteiger partial charge on any atom is 0.178 e. The highest BCUT2D eigenvalue weighted by Gasteiger charge is 2.18. The number of sulfone groups is 2. The van der Waals surface area contributed by atoms with Crippen molar-refractivity contribution < 1.29 is 27.0 Å². The van der Waals surface area contributed by atoms with Crippen molar-refractivity contribution in [3.05, 3.63) is 66.2 Å². The minimum absolute atomic E-state index is 0.0192. The fourth-order valence-electron chi connectivity index (χ4n) is 4.11. The Morgan fingerprint density at radius 2 is 1.44 bits per heavy atom. The van der Waals surface area contributed by atoms with Crippen LogP contribution < -0.4 is 5.32 Å². The average Bonchev–Trinajstić information content (AvgIpc) is 2.96. The predicted octanol–water partition coefficient (Wildman–Crippen LogP) is 7.02. The lowest BCUT2D eigenvalue weighted by molar-refractivity contribution is 0.473. The van der Waals surface area contributed by atoms with Gasteiger partial charge in [0.15, 0.2) is 25.4 Å². The molecule has 0 spiro atoms. The van der Waals surface area contributed by atoms with Gasteiger partial charge in [0.25, 0.3) is 0 Å². The van der Waals surface area contributed by atoms with Crippen LogP contribution in [0.15, 0.2) is 90.9 Å². The van der Waals surface area contributed by atoms with Gasteiger partial charge in [0.05, 0.1) is 32.7 Å². The van der Waals surface area contributed by atoms with Gasteiger partial charge in [-0.3, -0.25) is 0 Å². The lowest BCUT2D eigenvalue weighted by atomic mass is 10.1.